The first-order valence-corrected chi connectivity index (χ1v) is 6.81. The minimum atomic E-state index is -0.179. The van der Waals surface area contributed by atoms with Gasteiger partial charge in [-0.2, -0.15) is 0 Å². The summed E-state index contributed by atoms with van der Waals surface area (Å²) in [5, 5.41) is 2.90. The number of rotatable bonds is 3. The molecule has 0 aliphatic heterocycles. The van der Waals surface area contributed by atoms with Gasteiger partial charge in [-0.3, -0.25) is 9.78 Å². The molecular formula is C17H21ClN2O2. The van der Waals surface area contributed by atoms with Gasteiger partial charge < -0.3 is 10.1 Å². The number of carbonyl (C=O) groups is 1. The van der Waals surface area contributed by atoms with Crippen LogP contribution in [-0.2, 0) is 5.41 Å². The van der Waals surface area contributed by atoms with E-state index in [1.165, 1.54) is 0 Å². The fourth-order valence-corrected chi connectivity index (χ4v) is 1.97. The van der Waals surface area contributed by atoms with Crippen LogP contribution in [0.2, 0.25) is 0 Å². The number of nitrogens with zero attached hydrogens (tertiary/aromatic N) is 1. The highest BCUT2D eigenvalue weighted by Crippen LogP contribution is 2.31. The topological polar surface area (TPSA) is 51.2 Å². The number of hydrogen-bond acceptors (Lipinski definition) is 3. The summed E-state index contributed by atoms with van der Waals surface area (Å²) in [6.45, 7) is 6.38. The molecule has 22 heavy (non-hydrogen) atoms. The second kappa shape index (κ2) is 7.27. The maximum absolute atomic E-state index is 12.2. The standard InChI is InChI=1S/C17H20N2O2.ClH/c1-17(2,3)13-5-6-15(21-4)14(11-13)19-16(20)12-7-9-18-10-8-12;/h5-11H,1-4H3,(H,19,20);1H. The summed E-state index contributed by atoms with van der Waals surface area (Å²) < 4.78 is 5.32. The van der Waals surface area contributed by atoms with Crippen LogP contribution in [0.15, 0.2) is 42.7 Å². The van der Waals surface area contributed by atoms with Crippen LogP contribution in [0, 0.1) is 0 Å². The van der Waals surface area contributed by atoms with Gasteiger partial charge in [-0.15, -0.1) is 12.4 Å². The van der Waals surface area contributed by atoms with Crippen molar-refractivity contribution in [2.45, 2.75) is 26.2 Å². The maximum atomic E-state index is 12.2. The summed E-state index contributed by atoms with van der Waals surface area (Å²) in [5.74, 6) is 0.465. The van der Waals surface area contributed by atoms with Crippen molar-refractivity contribution in [3.63, 3.8) is 0 Å². The normalized spacial score (nSPS) is 10.5. The lowest BCUT2D eigenvalue weighted by Crippen LogP contribution is -2.15. The maximum Gasteiger partial charge on any atom is 0.255 e. The molecule has 0 saturated carbocycles. The van der Waals surface area contributed by atoms with E-state index in [4.69, 9.17) is 4.74 Å². The molecule has 2 rings (SSSR count). The van der Waals surface area contributed by atoms with E-state index in [0.717, 1.165) is 5.56 Å². The third-order valence-electron chi connectivity index (χ3n) is 3.26. The Hall–Kier alpha value is -2.07. The Morgan fingerprint density at radius 2 is 1.77 bits per heavy atom. The second-order valence-corrected chi connectivity index (χ2v) is 5.86. The van der Waals surface area contributed by atoms with Crippen molar-refractivity contribution >= 4 is 24.0 Å². The third kappa shape index (κ3) is 4.21. The van der Waals surface area contributed by atoms with Crippen LogP contribution in [0.25, 0.3) is 0 Å². The van der Waals surface area contributed by atoms with E-state index in [1.54, 1.807) is 31.6 Å². The Labute approximate surface area is 137 Å². The Morgan fingerprint density at radius 1 is 1.14 bits per heavy atom. The van der Waals surface area contributed by atoms with E-state index in [0.29, 0.717) is 17.0 Å². The Balaban J connectivity index is 0.00000242. The Kier molecular flexibility index (Phi) is 5.94. The summed E-state index contributed by atoms with van der Waals surface area (Å²) in [6, 6.07) is 9.20. The van der Waals surface area contributed by atoms with Gasteiger partial charge in [0.05, 0.1) is 12.8 Å². The minimum absolute atomic E-state index is 0. The van der Waals surface area contributed by atoms with Crippen LogP contribution >= 0.6 is 12.4 Å². The molecule has 1 heterocycles. The summed E-state index contributed by atoms with van der Waals surface area (Å²) >= 11 is 0. The number of methoxy groups -OCH3 is 1. The zero-order valence-electron chi connectivity index (χ0n) is 13.2. The predicted molar refractivity (Wildman–Crippen MR) is 91.1 cm³/mol. The highest BCUT2D eigenvalue weighted by molar-refractivity contribution is 6.05. The number of ether oxygens (including phenoxy) is 1. The molecule has 0 spiro atoms. The van der Waals surface area contributed by atoms with Gasteiger partial charge in [-0.25, -0.2) is 0 Å². The zero-order chi connectivity index (χ0) is 15.5. The van der Waals surface area contributed by atoms with Crippen molar-refractivity contribution in [2.75, 3.05) is 12.4 Å². The smallest absolute Gasteiger partial charge is 0.255 e. The molecule has 5 heteroatoms. The first kappa shape index (κ1) is 18.0. The van der Waals surface area contributed by atoms with Crippen molar-refractivity contribution < 1.29 is 9.53 Å². The lowest BCUT2D eigenvalue weighted by Gasteiger charge is -2.21. The molecule has 0 aliphatic carbocycles. The monoisotopic (exact) mass is 320 g/mol. The Bertz CT molecular complexity index is 637. The van der Waals surface area contributed by atoms with Crippen LogP contribution in [-0.4, -0.2) is 18.0 Å². The predicted octanol–water partition coefficient (Wildman–Crippen LogP) is 4.06. The van der Waals surface area contributed by atoms with Gasteiger partial charge in [0.25, 0.3) is 5.91 Å². The van der Waals surface area contributed by atoms with Crippen molar-refractivity contribution in [3.8, 4) is 5.75 Å². The number of nitrogens with one attached hydrogen (secondary N) is 1. The van der Waals surface area contributed by atoms with Gasteiger partial charge in [-0.1, -0.05) is 26.8 Å². The summed E-state index contributed by atoms with van der Waals surface area (Å²) in [7, 11) is 1.59. The van der Waals surface area contributed by atoms with Crippen molar-refractivity contribution in [2.24, 2.45) is 0 Å². The van der Waals surface area contributed by atoms with E-state index in [1.807, 2.05) is 18.2 Å². The van der Waals surface area contributed by atoms with Gasteiger partial charge >= 0.3 is 0 Å². The average molecular weight is 321 g/mol. The minimum Gasteiger partial charge on any atom is -0.495 e. The fraction of sp³-hybridized carbons (Fsp3) is 0.294. The average Bonchev–Trinajstić information content (AvgIpc) is 2.47. The van der Waals surface area contributed by atoms with Gasteiger partial charge in [0.15, 0.2) is 0 Å². The van der Waals surface area contributed by atoms with Crippen molar-refractivity contribution in [1.82, 2.24) is 4.98 Å². The van der Waals surface area contributed by atoms with Gasteiger partial charge in [0, 0.05) is 18.0 Å². The second-order valence-electron chi connectivity index (χ2n) is 5.86. The molecule has 0 aliphatic rings. The lowest BCUT2D eigenvalue weighted by molar-refractivity contribution is 0.102. The number of halogens is 1. The largest absolute Gasteiger partial charge is 0.495 e. The SMILES string of the molecule is COc1ccc(C(C)(C)C)cc1NC(=O)c1ccncc1.Cl. The number of pyridine rings is 1. The molecule has 0 saturated heterocycles. The zero-order valence-corrected chi connectivity index (χ0v) is 14.0. The summed E-state index contributed by atoms with van der Waals surface area (Å²) in [6.07, 6.45) is 3.19. The molecule has 0 fully saturated rings. The summed E-state index contributed by atoms with van der Waals surface area (Å²) in [5.41, 5.74) is 2.37. The Morgan fingerprint density at radius 3 is 2.32 bits per heavy atom. The number of amides is 1. The van der Waals surface area contributed by atoms with Crippen LogP contribution in [0.4, 0.5) is 5.69 Å². The van der Waals surface area contributed by atoms with Crippen LogP contribution in [0.1, 0.15) is 36.7 Å². The summed E-state index contributed by atoms with van der Waals surface area (Å²) in [4.78, 5) is 16.2. The van der Waals surface area contributed by atoms with E-state index in [9.17, 15) is 4.79 Å². The van der Waals surface area contributed by atoms with Gasteiger partial charge in [0.2, 0.25) is 0 Å². The van der Waals surface area contributed by atoms with E-state index in [-0.39, 0.29) is 23.7 Å². The fourth-order valence-electron chi connectivity index (χ4n) is 1.97. The number of hydrogen-bond donors (Lipinski definition) is 1. The third-order valence-corrected chi connectivity index (χ3v) is 3.26. The first-order chi connectivity index (χ1) is 9.91. The van der Waals surface area contributed by atoms with E-state index < -0.39 is 0 Å². The number of carbonyl (C=O) groups excluding carboxylic acids is 1. The molecule has 1 N–H and O–H groups in total. The number of anilines is 1. The number of benzene rings is 1. The van der Waals surface area contributed by atoms with Crippen molar-refractivity contribution in [1.29, 1.82) is 0 Å². The highest BCUT2D eigenvalue weighted by Gasteiger charge is 2.17. The molecule has 0 unspecified atom stereocenters. The molecule has 0 bridgehead atoms. The lowest BCUT2D eigenvalue weighted by atomic mass is 9.87. The molecule has 1 aromatic heterocycles. The molecule has 1 aromatic carbocycles. The van der Waals surface area contributed by atoms with Crippen LogP contribution in [0.3, 0.4) is 0 Å². The molecule has 0 radical (unpaired) electrons. The van der Waals surface area contributed by atoms with E-state index in [2.05, 4.69) is 31.1 Å². The van der Waals surface area contributed by atoms with Crippen LogP contribution in [0.5, 0.6) is 5.75 Å². The highest BCUT2D eigenvalue weighted by atomic mass is 35.5. The van der Waals surface area contributed by atoms with Crippen LogP contribution < -0.4 is 10.1 Å². The molecule has 1 amide bonds. The molecule has 4 nitrogen and oxygen atoms in total. The van der Waals surface area contributed by atoms with Crippen molar-refractivity contribution in [3.05, 3.63) is 53.9 Å². The number of aromatic nitrogens is 1. The molecular weight excluding hydrogens is 300 g/mol. The molecule has 2 aromatic rings. The molecule has 0 atom stereocenters. The quantitative estimate of drug-likeness (QED) is 0.927. The van der Waals surface area contributed by atoms with Gasteiger partial charge in [-0.05, 0) is 35.2 Å². The van der Waals surface area contributed by atoms with E-state index >= 15 is 0 Å². The molecule has 118 valence electrons. The first-order valence-electron chi connectivity index (χ1n) is 6.81. The van der Waals surface area contributed by atoms with Gasteiger partial charge in [0.1, 0.15) is 5.75 Å².